The number of rotatable bonds is 6. The molecule has 0 saturated heterocycles. The number of hydrogen-bond donors (Lipinski definition) is 1. The van der Waals surface area contributed by atoms with Crippen molar-refractivity contribution in [3.63, 3.8) is 0 Å². The summed E-state index contributed by atoms with van der Waals surface area (Å²) in [7, 11) is 0. The lowest BCUT2D eigenvalue weighted by Gasteiger charge is -2.34. The molecule has 2 aliphatic rings. The summed E-state index contributed by atoms with van der Waals surface area (Å²) in [5.74, 6) is 1.08. The Kier molecular flexibility index (Phi) is 6.52. The SMILES string of the molecule is CCOC(=O)Cc1ccccc1OC1CC2(CCCCC2)c2ccc(-c3ccc4ccnc(N)c4c3)cc21. The van der Waals surface area contributed by atoms with Crippen LogP contribution in [0.3, 0.4) is 0 Å². The van der Waals surface area contributed by atoms with Gasteiger partial charge in [-0.25, -0.2) is 4.98 Å². The van der Waals surface area contributed by atoms with Gasteiger partial charge < -0.3 is 15.2 Å². The number of ether oxygens (including phenoxy) is 2. The molecule has 1 fully saturated rings. The molecule has 38 heavy (non-hydrogen) atoms. The second-order valence-corrected chi connectivity index (χ2v) is 10.7. The number of hydrogen-bond acceptors (Lipinski definition) is 5. The Morgan fingerprint density at radius 1 is 1.00 bits per heavy atom. The van der Waals surface area contributed by atoms with Crippen LogP contribution in [0, 0.1) is 0 Å². The van der Waals surface area contributed by atoms with Gasteiger partial charge in [0.25, 0.3) is 0 Å². The highest BCUT2D eigenvalue weighted by molar-refractivity contribution is 5.94. The van der Waals surface area contributed by atoms with Gasteiger partial charge in [0.2, 0.25) is 0 Å². The number of para-hydroxylation sites is 1. The van der Waals surface area contributed by atoms with Crippen LogP contribution in [0.2, 0.25) is 0 Å². The van der Waals surface area contributed by atoms with Crippen LogP contribution in [-0.4, -0.2) is 17.6 Å². The van der Waals surface area contributed by atoms with Crippen LogP contribution < -0.4 is 10.5 Å². The molecule has 1 spiro atoms. The predicted octanol–water partition coefficient (Wildman–Crippen LogP) is 7.32. The average molecular weight is 507 g/mol. The lowest BCUT2D eigenvalue weighted by molar-refractivity contribution is -0.142. The number of pyridine rings is 1. The number of nitrogens with zero attached hydrogens (tertiary/aromatic N) is 1. The Bertz CT molecular complexity index is 1490. The second-order valence-electron chi connectivity index (χ2n) is 10.7. The first-order valence-corrected chi connectivity index (χ1v) is 13.8. The Labute approximate surface area is 224 Å². The van der Waals surface area contributed by atoms with Gasteiger partial charge in [-0.3, -0.25) is 4.79 Å². The van der Waals surface area contributed by atoms with Gasteiger partial charge in [-0.2, -0.15) is 0 Å². The van der Waals surface area contributed by atoms with Crippen LogP contribution in [0.4, 0.5) is 5.82 Å². The molecule has 1 heterocycles. The van der Waals surface area contributed by atoms with E-state index in [0.717, 1.165) is 39.6 Å². The number of esters is 1. The zero-order valence-corrected chi connectivity index (χ0v) is 21.9. The van der Waals surface area contributed by atoms with Crippen LogP contribution in [-0.2, 0) is 21.4 Å². The number of fused-ring (bicyclic) bond motifs is 3. The quantitative estimate of drug-likeness (QED) is 0.277. The Hall–Kier alpha value is -3.86. The summed E-state index contributed by atoms with van der Waals surface area (Å²) in [6.45, 7) is 2.21. The molecule has 1 aromatic heterocycles. The van der Waals surface area contributed by atoms with Gasteiger partial charge in [-0.15, -0.1) is 0 Å². The molecular formula is C33H34N2O3. The highest BCUT2D eigenvalue weighted by Crippen LogP contribution is 2.54. The molecule has 1 saturated carbocycles. The van der Waals surface area contributed by atoms with Gasteiger partial charge in [-0.05, 0) is 83.5 Å². The number of benzene rings is 3. The molecule has 0 amide bonds. The molecule has 0 bridgehead atoms. The maximum atomic E-state index is 12.3. The molecule has 5 nitrogen and oxygen atoms in total. The highest BCUT2D eigenvalue weighted by Gasteiger charge is 2.45. The fraction of sp³-hybridized carbons (Fsp3) is 0.333. The summed E-state index contributed by atoms with van der Waals surface area (Å²) < 4.78 is 12.0. The summed E-state index contributed by atoms with van der Waals surface area (Å²) in [5.41, 5.74) is 12.2. The number of aromatic nitrogens is 1. The van der Waals surface area contributed by atoms with Crippen LogP contribution in [0.5, 0.6) is 5.75 Å². The first-order valence-electron chi connectivity index (χ1n) is 13.8. The molecule has 4 aromatic rings. The minimum absolute atomic E-state index is 0.0708. The fourth-order valence-corrected chi connectivity index (χ4v) is 6.53. The van der Waals surface area contributed by atoms with Crippen molar-refractivity contribution in [2.45, 2.75) is 63.4 Å². The monoisotopic (exact) mass is 506 g/mol. The number of carbonyl (C=O) groups excluding carboxylic acids is 1. The van der Waals surface area contributed by atoms with Crippen molar-refractivity contribution in [3.8, 4) is 16.9 Å². The summed E-state index contributed by atoms with van der Waals surface area (Å²) in [6, 6.07) is 23.1. The lowest BCUT2D eigenvalue weighted by Crippen LogP contribution is -2.26. The molecular weight excluding hydrogens is 472 g/mol. The largest absolute Gasteiger partial charge is 0.485 e. The molecule has 6 rings (SSSR count). The summed E-state index contributed by atoms with van der Waals surface area (Å²) in [4.78, 5) is 16.6. The van der Waals surface area contributed by atoms with E-state index in [2.05, 4.69) is 41.4 Å². The molecule has 2 aliphatic carbocycles. The van der Waals surface area contributed by atoms with Crippen LogP contribution in [0.15, 0.2) is 72.9 Å². The molecule has 0 aliphatic heterocycles. The minimum atomic E-state index is -0.230. The summed E-state index contributed by atoms with van der Waals surface area (Å²) in [5, 5.41) is 2.05. The first-order chi connectivity index (χ1) is 18.6. The lowest BCUT2D eigenvalue weighted by atomic mass is 9.70. The number of nitrogens with two attached hydrogens (primary N) is 1. The van der Waals surface area contributed by atoms with Crippen molar-refractivity contribution in [2.24, 2.45) is 0 Å². The van der Waals surface area contributed by atoms with Gasteiger partial charge in [0.05, 0.1) is 13.0 Å². The minimum Gasteiger partial charge on any atom is -0.485 e. The zero-order valence-electron chi connectivity index (χ0n) is 21.9. The van der Waals surface area contributed by atoms with Gasteiger partial charge in [0.15, 0.2) is 0 Å². The van der Waals surface area contributed by atoms with Crippen molar-refractivity contribution in [2.75, 3.05) is 12.3 Å². The zero-order chi connectivity index (χ0) is 26.1. The fourth-order valence-electron chi connectivity index (χ4n) is 6.53. The molecule has 194 valence electrons. The third-order valence-corrected chi connectivity index (χ3v) is 8.37. The molecule has 1 atom stereocenters. The van der Waals surface area contributed by atoms with E-state index < -0.39 is 0 Å². The Morgan fingerprint density at radius 3 is 2.63 bits per heavy atom. The van der Waals surface area contributed by atoms with E-state index in [4.69, 9.17) is 15.2 Å². The standard InChI is InChI=1S/C33H34N2O3/c1-2-37-31(36)20-25-8-4-5-9-29(25)38-30-21-33(15-6-3-7-16-33)28-13-12-24(19-27(28)30)23-11-10-22-14-17-35-32(34)26(22)18-23/h4-5,8-14,17-19,30H,2-3,6-7,15-16,20-21H2,1H3,(H2,34,35). The van der Waals surface area contributed by atoms with Crippen LogP contribution >= 0.6 is 0 Å². The van der Waals surface area contributed by atoms with Crippen LogP contribution in [0.1, 0.15) is 68.2 Å². The average Bonchev–Trinajstić information content (AvgIpc) is 3.22. The molecule has 3 aromatic carbocycles. The van der Waals surface area contributed by atoms with E-state index in [0.29, 0.717) is 12.4 Å². The van der Waals surface area contributed by atoms with Gasteiger partial charge >= 0.3 is 5.97 Å². The van der Waals surface area contributed by atoms with Crippen molar-refractivity contribution < 1.29 is 14.3 Å². The van der Waals surface area contributed by atoms with Crippen molar-refractivity contribution >= 4 is 22.6 Å². The summed E-state index contributed by atoms with van der Waals surface area (Å²) >= 11 is 0. The summed E-state index contributed by atoms with van der Waals surface area (Å²) in [6.07, 6.45) is 9.06. The first kappa shape index (κ1) is 24.5. The third kappa shape index (κ3) is 4.51. The number of nitrogen functional groups attached to an aromatic ring is 1. The third-order valence-electron chi connectivity index (χ3n) is 8.37. The maximum absolute atomic E-state index is 12.3. The second kappa shape index (κ2) is 10.1. The number of carbonyl (C=O) groups is 1. The van der Waals surface area contributed by atoms with E-state index in [1.54, 1.807) is 6.20 Å². The molecule has 5 heteroatoms. The predicted molar refractivity (Wildman–Crippen MR) is 151 cm³/mol. The van der Waals surface area contributed by atoms with E-state index in [1.165, 1.54) is 43.2 Å². The normalized spacial score (nSPS) is 17.9. The Balaban J connectivity index is 1.39. The van der Waals surface area contributed by atoms with E-state index in [-0.39, 0.29) is 23.9 Å². The van der Waals surface area contributed by atoms with Gasteiger partial charge in [-0.1, -0.05) is 61.7 Å². The van der Waals surface area contributed by atoms with E-state index in [1.807, 2.05) is 37.3 Å². The number of anilines is 1. The maximum Gasteiger partial charge on any atom is 0.310 e. The van der Waals surface area contributed by atoms with Crippen molar-refractivity contribution in [1.29, 1.82) is 0 Å². The highest BCUT2D eigenvalue weighted by atomic mass is 16.5. The molecule has 0 radical (unpaired) electrons. The smallest absolute Gasteiger partial charge is 0.310 e. The Morgan fingerprint density at radius 2 is 1.79 bits per heavy atom. The van der Waals surface area contributed by atoms with Crippen molar-refractivity contribution in [3.05, 3.63) is 89.6 Å². The van der Waals surface area contributed by atoms with Crippen LogP contribution in [0.25, 0.3) is 21.9 Å². The molecule has 1 unspecified atom stereocenters. The van der Waals surface area contributed by atoms with Gasteiger partial charge in [0.1, 0.15) is 17.7 Å². The van der Waals surface area contributed by atoms with E-state index >= 15 is 0 Å². The topological polar surface area (TPSA) is 74.4 Å². The van der Waals surface area contributed by atoms with E-state index in [9.17, 15) is 4.79 Å². The van der Waals surface area contributed by atoms with Crippen molar-refractivity contribution in [1.82, 2.24) is 4.98 Å². The molecule has 2 N–H and O–H groups in total. The van der Waals surface area contributed by atoms with Gasteiger partial charge in [0, 0.05) is 17.1 Å².